The third kappa shape index (κ3) is 3.44. The molecule has 1 aromatic rings. The smallest absolute Gasteiger partial charge is 0.151 e. The Labute approximate surface area is 108 Å². The molecular formula is C12H20N2O3S. The number of nitrogens with one attached hydrogen (secondary N) is 1. The highest BCUT2D eigenvalue weighted by atomic mass is 32.2. The lowest BCUT2D eigenvalue weighted by Gasteiger charge is -2.24. The molecule has 0 fully saturated rings. The van der Waals surface area contributed by atoms with Crippen LogP contribution in [0.5, 0.6) is 5.75 Å². The highest BCUT2D eigenvalue weighted by Crippen LogP contribution is 2.29. The predicted molar refractivity (Wildman–Crippen MR) is 72.0 cm³/mol. The van der Waals surface area contributed by atoms with Crippen molar-refractivity contribution in [1.29, 1.82) is 0 Å². The van der Waals surface area contributed by atoms with Crippen LogP contribution in [-0.4, -0.2) is 26.5 Å². The molecule has 0 saturated heterocycles. The number of para-hydroxylation sites is 1. The quantitative estimate of drug-likeness (QED) is 0.597. The maximum atomic E-state index is 11.6. The topological polar surface area (TPSA) is 81.4 Å². The van der Waals surface area contributed by atoms with Gasteiger partial charge in [-0.2, -0.15) is 0 Å². The highest BCUT2D eigenvalue weighted by molar-refractivity contribution is 7.91. The van der Waals surface area contributed by atoms with Crippen molar-refractivity contribution in [2.45, 2.75) is 25.1 Å². The van der Waals surface area contributed by atoms with Gasteiger partial charge in [0.05, 0.1) is 17.9 Å². The lowest BCUT2D eigenvalue weighted by atomic mass is 10.0. The van der Waals surface area contributed by atoms with Gasteiger partial charge in [0.2, 0.25) is 0 Å². The van der Waals surface area contributed by atoms with E-state index in [4.69, 9.17) is 10.6 Å². The Morgan fingerprint density at radius 2 is 2.00 bits per heavy atom. The summed E-state index contributed by atoms with van der Waals surface area (Å²) in [6.07, 6.45) is 1.20. The van der Waals surface area contributed by atoms with Crippen molar-refractivity contribution in [3.8, 4) is 5.75 Å². The maximum absolute atomic E-state index is 11.6. The summed E-state index contributed by atoms with van der Waals surface area (Å²) in [5.74, 6) is 6.15. The first-order valence-corrected chi connectivity index (χ1v) is 7.74. The number of hydrogen-bond acceptors (Lipinski definition) is 5. The first-order chi connectivity index (χ1) is 8.41. The van der Waals surface area contributed by atoms with Gasteiger partial charge in [0.15, 0.2) is 9.84 Å². The largest absolute Gasteiger partial charge is 0.494 e. The molecule has 6 heteroatoms. The van der Waals surface area contributed by atoms with E-state index in [1.807, 2.05) is 25.1 Å². The molecule has 0 amide bonds. The molecule has 0 bridgehead atoms. The van der Waals surface area contributed by atoms with E-state index in [9.17, 15) is 8.42 Å². The van der Waals surface area contributed by atoms with Crippen LogP contribution >= 0.6 is 0 Å². The van der Waals surface area contributed by atoms with Gasteiger partial charge < -0.3 is 4.74 Å². The van der Waals surface area contributed by atoms with Gasteiger partial charge in [0.1, 0.15) is 5.75 Å². The Kier molecular flexibility index (Phi) is 5.13. The molecule has 0 aliphatic rings. The van der Waals surface area contributed by atoms with Gasteiger partial charge in [-0.15, -0.1) is 0 Å². The fourth-order valence-electron chi connectivity index (χ4n) is 1.75. The van der Waals surface area contributed by atoms with E-state index in [0.29, 0.717) is 12.4 Å². The van der Waals surface area contributed by atoms with Crippen molar-refractivity contribution in [1.82, 2.24) is 5.43 Å². The van der Waals surface area contributed by atoms with Crippen LogP contribution in [0.25, 0.3) is 0 Å². The number of ether oxygens (including phenoxy) is 1. The van der Waals surface area contributed by atoms with Gasteiger partial charge >= 0.3 is 0 Å². The summed E-state index contributed by atoms with van der Waals surface area (Å²) in [5.41, 5.74) is 3.31. The SMILES string of the molecule is CCOc1ccccc1C(NN)C(C)S(C)(=O)=O. The Morgan fingerprint density at radius 1 is 1.39 bits per heavy atom. The molecule has 0 aliphatic heterocycles. The van der Waals surface area contributed by atoms with E-state index in [1.165, 1.54) is 6.26 Å². The molecule has 0 spiro atoms. The molecule has 102 valence electrons. The van der Waals surface area contributed by atoms with E-state index in [1.54, 1.807) is 13.0 Å². The monoisotopic (exact) mass is 272 g/mol. The van der Waals surface area contributed by atoms with Gasteiger partial charge in [-0.05, 0) is 19.9 Å². The molecule has 1 rings (SSSR count). The first kappa shape index (κ1) is 14.9. The van der Waals surface area contributed by atoms with Crippen LogP contribution in [-0.2, 0) is 9.84 Å². The third-order valence-corrected chi connectivity index (χ3v) is 4.50. The summed E-state index contributed by atoms with van der Waals surface area (Å²) in [5, 5.41) is -0.635. The number of nitrogens with two attached hydrogens (primary N) is 1. The number of benzene rings is 1. The van der Waals surface area contributed by atoms with E-state index < -0.39 is 21.1 Å². The average Bonchev–Trinajstić information content (AvgIpc) is 2.31. The normalized spacial score (nSPS) is 15.1. The number of rotatable bonds is 6. The number of hydrazine groups is 1. The molecule has 2 atom stereocenters. The lowest BCUT2D eigenvalue weighted by molar-refractivity contribution is 0.331. The molecule has 0 radical (unpaired) electrons. The molecular weight excluding hydrogens is 252 g/mol. The van der Waals surface area contributed by atoms with Crippen LogP contribution in [0.4, 0.5) is 0 Å². The zero-order valence-corrected chi connectivity index (χ0v) is 11.7. The fourth-order valence-corrected chi connectivity index (χ4v) is 2.47. The second-order valence-electron chi connectivity index (χ2n) is 4.15. The molecule has 1 aromatic carbocycles. The first-order valence-electron chi connectivity index (χ1n) is 5.78. The van der Waals surface area contributed by atoms with Crippen LogP contribution in [0.3, 0.4) is 0 Å². The summed E-state index contributed by atoms with van der Waals surface area (Å²) in [6, 6.07) is 6.79. The predicted octanol–water partition coefficient (Wildman–Crippen LogP) is 1.02. The molecule has 5 nitrogen and oxygen atoms in total. The van der Waals surface area contributed by atoms with Crippen molar-refractivity contribution < 1.29 is 13.2 Å². The summed E-state index contributed by atoms with van der Waals surface area (Å²) in [7, 11) is -3.19. The van der Waals surface area contributed by atoms with Crippen LogP contribution in [0.1, 0.15) is 25.5 Å². The minimum atomic E-state index is -3.19. The summed E-state index contributed by atoms with van der Waals surface area (Å²) in [4.78, 5) is 0. The molecule has 3 N–H and O–H groups in total. The van der Waals surface area contributed by atoms with Crippen molar-refractivity contribution in [2.24, 2.45) is 5.84 Å². The molecule has 0 aromatic heterocycles. The summed E-state index contributed by atoms with van der Waals surface area (Å²) < 4.78 is 28.8. The molecule has 18 heavy (non-hydrogen) atoms. The zero-order valence-electron chi connectivity index (χ0n) is 10.9. The maximum Gasteiger partial charge on any atom is 0.151 e. The van der Waals surface area contributed by atoms with Crippen LogP contribution in [0.15, 0.2) is 24.3 Å². The summed E-state index contributed by atoms with van der Waals surface area (Å²) >= 11 is 0. The van der Waals surface area contributed by atoms with E-state index in [2.05, 4.69) is 5.43 Å². The van der Waals surface area contributed by atoms with Gasteiger partial charge in [0, 0.05) is 11.8 Å². The molecule has 0 saturated carbocycles. The van der Waals surface area contributed by atoms with Gasteiger partial charge in [0.25, 0.3) is 0 Å². The van der Waals surface area contributed by atoms with Gasteiger partial charge in [-0.1, -0.05) is 18.2 Å². The van der Waals surface area contributed by atoms with Crippen LogP contribution < -0.4 is 16.0 Å². The standard InChI is InChI=1S/C12H20N2O3S/c1-4-17-11-8-6-5-7-10(11)12(14-13)9(2)18(3,15)16/h5-9,12,14H,4,13H2,1-3H3. The molecule has 0 heterocycles. The van der Waals surface area contributed by atoms with Crippen molar-refractivity contribution >= 4 is 9.84 Å². The zero-order chi connectivity index (χ0) is 13.8. The minimum absolute atomic E-state index is 0.497. The highest BCUT2D eigenvalue weighted by Gasteiger charge is 2.28. The second kappa shape index (κ2) is 6.17. The second-order valence-corrected chi connectivity index (χ2v) is 6.55. The third-order valence-electron chi connectivity index (χ3n) is 2.88. The van der Waals surface area contributed by atoms with Crippen molar-refractivity contribution in [3.05, 3.63) is 29.8 Å². The van der Waals surface area contributed by atoms with E-state index in [-0.39, 0.29) is 0 Å². The van der Waals surface area contributed by atoms with Gasteiger partial charge in [-0.3, -0.25) is 11.3 Å². The van der Waals surface area contributed by atoms with Crippen LogP contribution in [0, 0.1) is 0 Å². The Morgan fingerprint density at radius 3 is 2.50 bits per heavy atom. The van der Waals surface area contributed by atoms with Crippen molar-refractivity contribution in [3.63, 3.8) is 0 Å². The average molecular weight is 272 g/mol. The van der Waals surface area contributed by atoms with Crippen molar-refractivity contribution in [2.75, 3.05) is 12.9 Å². The molecule has 0 aliphatic carbocycles. The molecule has 2 unspecified atom stereocenters. The lowest BCUT2D eigenvalue weighted by Crippen LogP contribution is -2.39. The van der Waals surface area contributed by atoms with E-state index >= 15 is 0 Å². The Hall–Kier alpha value is -1.11. The number of hydrogen-bond donors (Lipinski definition) is 2. The minimum Gasteiger partial charge on any atom is -0.494 e. The van der Waals surface area contributed by atoms with Crippen LogP contribution in [0.2, 0.25) is 0 Å². The fraction of sp³-hybridized carbons (Fsp3) is 0.500. The Bertz CT molecular complexity index is 488. The number of sulfone groups is 1. The van der Waals surface area contributed by atoms with Gasteiger partial charge in [-0.25, -0.2) is 8.42 Å². The Balaban J connectivity index is 3.16. The van der Waals surface area contributed by atoms with E-state index in [0.717, 1.165) is 5.56 Å². The summed E-state index contributed by atoms with van der Waals surface area (Å²) in [6.45, 7) is 4.02.